The maximum Gasteiger partial charge on any atom is 0.236 e. The van der Waals surface area contributed by atoms with E-state index in [1.807, 2.05) is 35.3 Å². The van der Waals surface area contributed by atoms with Crippen LogP contribution in [-0.2, 0) is 22.8 Å². The van der Waals surface area contributed by atoms with Crippen LogP contribution in [0.15, 0.2) is 65.1 Å². The molecule has 0 unspecified atom stereocenters. The first-order chi connectivity index (χ1) is 16.1. The molecule has 0 spiro atoms. The second-order valence-electron chi connectivity index (χ2n) is 7.36. The van der Waals surface area contributed by atoms with E-state index < -0.39 is 0 Å². The summed E-state index contributed by atoms with van der Waals surface area (Å²) < 4.78 is 2.08. The summed E-state index contributed by atoms with van der Waals surface area (Å²) in [5.41, 5.74) is 4.41. The predicted molar refractivity (Wildman–Crippen MR) is 139 cm³/mol. The van der Waals surface area contributed by atoms with Gasteiger partial charge in [0, 0.05) is 23.2 Å². The Bertz CT molecular complexity index is 1190. The monoisotopic (exact) mass is 495 g/mol. The fourth-order valence-corrected chi connectivity index (χ4v) is 5.64. The second kappa shape index (κ2) is 11.5. The molecule has 6 nitrogen and oxygen atoms in total. The molecule has 170 valence electrons. The molecule has 33 heavy (non-hydrogen) atoms. The number of thioether (sulfide) groups is 2. The molecular formula is C24H25N5OS3. The third-order valence-electron chi connectivity index (χ3n) is 4.88. The van der Waals surface area contributed by atoms with Crippen molar-refractivity contribution < 1.29 is 4.79 Å². The molecule has 0 saturated carbocycles. The Morgan fingerprint density at radius 2 is 1.85 bits per heavy atom. The fourth-order valence-electron chi connectivity index (χ4n) is 3.16. The van der Waals surface area contributed by atoms with E-state index in [0.29, 0.717) is 5.13 Å². The summed E-state index contributed by atoms with van der Waals surface area (Å²) in [6.07, 6.45) is 0. The van der Waals surface area contributed by atoms with Crippen molar-refractivity contribution in [2.24, 2.45) is 0 Å². The number of hydrogen-bond donors (Lipinski definition) is 1. The van der Waals surface area contributed by atoms with Gasteiger partial charge in [0.1, 0.15) is 5.82 Å². The lowest BCUT2D eigenvalue weighted by atomic mass is 10.1. The number of amides is 1. The molecule has 2 aromatic heterocycles. The number of aryl methyl sites for hydroxylation is 1. The molecule has 4 aromatic rings. The molecule has 2 heterocycles. The van der Waals surface area contributed by atoms with Gasteiger partial charge < -0.3 is 9.88 Å². The number of hydrogen-bond acceptors (Lipinski definition) is 7. The van der Waals surface area contributed by atoms with Gasteiger partial charge >= 0.3 is 0 Å². The third kappa shape index (κ3) is 6.46. The highest BCUT2D eigenvalue weighted by Crippen LogP contribution is 2.26. The predicted octanol–water partition coefficient (Wildman–Crippen LogP) is 5.89. The number of nitrogens with one attached hydrogen (secondary N) is 1. The van der Waals surface area contributed by atoms with E-state index in [9.17, 15) is 4.79 Å². The van der Waals surface area contributed by atoms with Gasteiger partial charge in [-0.15, -0.1) is 33.3 Å². The van der Waals surface area contributed by atoms with Gasteiger partial charge in [-0.1, -0.05) is 71.9 Å². The number of rotatable bonds is 10. The van der Waals surface area contributed by atoms with Crippen molar-refractivity contribution in [1.29, 1.82) is 0 Å². The Morgan fingerprint density at radius 3 is 2.61 bits per heavy atom. The highest BCUT2D eigenvalue weighted by molar-refractivity contribution is 7.99. The zero-order valence-corrected chi connectivity index (χ0v) is 21.0. The Morgan fingerprint density at radius 1 is 1.06 bits per heavy atom. The minimum absolute atomic E-state index is 0.101. The Hall–Kier alpha value is -2.62. The van der Waals surface area contributed by atoms with E-state index in [0.717, 1.165) is 40.3 Å². The summed E-state index contributed by atoms with van der Waals surface area (Å²) >= 11 is 4.64. The highest BCUT2D eigenvalue weighted by atomic mass is 32.2. The molecule has 0 radical (unpaired) electrons. The number of nitrogens with zero attached hydrogens (tertiary/aromatic N) is 4. The summed E-state index contributed by atoms with van der Waals surface area (Å²) in [5, 5.41) is 14.9. The van der Waals surface area contributed by atoms with Crippen molar-refractivity contribution in [2.75, 3.05) is 11.1 Å². The van der Waals surface area contributed by atoms with Gasteiger partial charge in [0.25, 0.3) is 0 Å². The summed E-state index contributed by atoms with van der Waals surface area (Å²) in [6.45, 7) is 4.89. The summed E-state index contributed by atoms with van der Waals surface area (Å²) in [5.74, 6) is 2.80. The second-order valence-corrected chi connectivity index (χ2v) is 10.1. The van der Waals surface area contributed by atoms with Crippen LogP contribution in [0.1, 0.15) is 23.9 Å². The van der Waals surface area contributed by atoms with Gasteiger partial charge in [-0.2, -0.15) is 0 Å². The molecule has 9 heteroatoms. The van der Waals surface area contributed by atoms with Gasteiger partial charge in [0.2, 0.25) is 5.91 Å². The van der Waals surface area contributed by atoms with Crippen LogP contribution < -0.4 is 5.32 Å². The van der Waals surface area contributed by atoms with Crippen molar-refractivity contribution in [3.8, 4) is 11.3 Å². The van der Waals surface area contributed by atoms with E-state index in [4.69, 9.17) is 0 Å². The summed E-state index contributed by atoms with van der Waals surface area (Å²) in [6, 6.07) is 18.6. The SMILES string of the molecule is CCn1c(CSCc2ccccc2)nnc1SCC(=O)Nc1nc(-c2ccc(C)cc2)cs1. The van der Waals surface area contributed by atoms with E-state index in [1.54, 1.807) is 0 Å². The zero-order chi connectivity index (χ0) is 23.0. The largest absolute Gasteiger partial charge is 0.306 e. The maximum atomic E-state index is 12.5. The smallest absolute Gasteiger partial charge is 0.236 e. The summed E-state index contributed by atoms with van der Waals surface area (Å²) in [7, 11) is 0. The molecule has 2 aromatic carbocycles. The van der Waals surface area contributed by atoms with Crippen molar-refractivity contribution in [3.05, 3.63) is 76.9 Å². The Labute approximate surface area is 206 Å². The highest BCUT2D eigenvalue weighted by Gasteiger charge is 2.14. The third-order valence-corrected chi connectivity index (χ3v) is 7.61. The number of carbonyl (C=O) groups is 1. The van der Waals surface area contributed by atoms with Gasteiger partial charge in [0.05, 0.1) is 17.2 Å². The van der Waals surface area contributed by atoms with Gasteiger partial charge in [-0.25, -0.2) is 4.98 Å². The maximum absolute atomic E-state index is 12.5. The number of carbonyl (C=O) groups excluding carboxylic acids is 1. The van der Waals surface area contributed by atoms with Crippen LogP contribution in [0, 0.1) is 6.92 Å². The van der Waals surface area contributed by atoms with Crippen LogP contribution >= 0.6 is 34.9 Å². The molecule has 0 saturated heterocycles. The molecule has 1 amide bonds. The summed E-state index contributed by atoms with van der Waals surface area (Å²) in [4.78, 5) is 17.0. The molecule has 0 aliphatic rings. The minimum Gasteiger partial charge on any atom is -0.306 e. The quantitative estimate of drug-likeness (QED) is 0.276. The average molecular weight is 496 g/mol. The Balaban J connectivity index is 1.29. The average Bonchev–Trinajstić information content (AvgIpc) is 3.45. The van der Waals surface area contributed by atoms with Gasteiger partial charge in [0.15, 0.2) is 10.3 Å². The lowest BCUT2D eigenvalue weighted by molar-refractivity contribution is -0.113. The first kappa shape index (κ1) is 23.5. The number of benzene rings is 2. The Kier molecular flexibility index (Phi) is 8.20. The molecule has 0 fully saturated rings. The molecular weight excluding hydrogens is 470 g/mol. The number of aromatic nitrogens is 4. The first-order valence-corrected chi connectivity index (χ1v) is 13.6. The number of thiazole rings is 1. The van der Waals surface area contributed by atoms with Crippen molar-refractivity contribution in [1.82, 2.24) is 19.7 Å². The van der Waals surface area contributed by atoms with E-state index in [1.165, 1.54) is 34.2 Å². The number of anilines is 1. The van der Waals surface area contributed by atoms with E-state index in [2.05, 4.69) is 75.3 Å². The molecule has 4 rings (SSSR count). The van der Waals surface area contributed by atoms with Gasteiger partial charge in [-0.3, -0.25) is 4.79 Å². The minimum atomic E-state index is -0.101. The van der Waals surface area contributed by atoms with E-state index >= 15 is 0 Å². The van der Waals surface area contributed by atoms with Gasteiger partial charge in [-0.05, 0) is 19.4 Å². The molecule has 0 bridgehead atoms. The topological polar surface area (TPSA) is 72.7 Å². The molecule has 0 aliphatic carbocycles. The molecule has 1 N–H and O–H groups in total. The van der Waals surface area contributed by atoms with Crippen LogP contribution in [0.5, 0.6) is 0 Å². The zero-order valence-electron chi connectivity index (χ0n) is 18.5. The molecule has 0 aliphatic heterocycles. The lowest BCUT2D eigenvalue weighted by Gasteiger charge is -2.07. The van der Waals surface area contributed by atoms with Crippen molar-refractivity contribution in [2.45, 2.75) is 37.1 Å². The van der Waals surface area contributed by atoms with E-state index in [-0.39, 0.29) is 11.7 Å². The van der Waals surface area contributed by atoms with Crippen molar-refractivity contribution >= 4 is 45.9 Å². The van der Waals surface area contributed by atoms with Crippen LogP contribution in [0.25, 0.3) is 11.3 Å². The standard InChI is InChI=1S/C24H25N5OS3/c1-3-29-21(15-31-13-18-7-5-4-6-8-18)27-28-24(29)33-16-22(30)26-23-25-20(14-32-23)19-11-9-17(2)10-12-19/h4-12,14H,3,13,15-16H2,1-2H3,(H,25,26,30). The van der Waals surface area contributed by atoms with Crippen LogP contribution in [0.3, 0.4) is 0 Å². The van der Waals surface area contributed by atoms with Crippen LogP contribution in [0.4, 0.5) is 5.13 Å². The first-order valence-electron chi connectivity index (χ1n) is 10.6. The lowest BCUT2D eigenvalue weighted by Crippen LogP contribution is -2.14. The normalized spacial score (nSPS) is 11.0. The molecule has 0 atom stereocenters. The van der Waals surface area contributed by atoms with Crippen LogP contribution in [0.2, 0.25) is 0 Å². The van der Waals surface area contributed by atoms with Crippen molar-refractivity contribution in [3.63, 3.8) is 0 Å². The van der Waals surface area contributed by atoms with Crippen LogP contribution in [-0.4, -0.2) is 31.4 Å². The fraction of sp³-hybridized carbons (Fsp3) is 0.250.